The van der Waals surface area contributed by atoms with Crippen LogP contribution in [0.4, 0.5) is 4.39 Å². The molecule has 0 aromatic rings. The van der Waals surface area contributed by atoms with Gasteiger partial charge >= 0.3 is 0 Å². The van der Waals surface area contributed by atoms with E-state index >= 15 is 0 Å². The van der Waals surface area contributed by atoms with Crippen LogP contribution in [0.3, 0.4) is 0 Å². The van der Waals surface area contributed by atoms with Gasteiger partial charge in [0.1, 0.15) is 5.83 Å². The molecule has 0 radical (unpaired) electrons. The molecule has 1 unspecified atom stereocenters. The van der Waals surface area contributed by atoms with Crippen molar-refractivity contribution in [3.05, 3.63) is 35.7 Å². The molecule has 3 aliphatic rings. The average molecular weight is 378 g/mol. The second kappa shape index (κ2) is 10.2. The molecule has 1 atom stereocenters. The Morgan fingerprint density at radius 2 is 2.00 bits per heavy atom. The van der Waals surface area contributed by atoms with Crippen LogP contribution in [0.5, 0.6) is 0 Å². The topological polar surface area (TPSA) is 44.8 Å². The molecule has 1 amide bonds. The third-order valence-electron chi connectivity index (χ3n) is 5.98. The maximum Gasteiger partial charge on any atom is 0.210 e. The standard InChI is InChI=1S/C21H32FN3O2/c1-24(19-8-12-27-13-9-19)15-21(17-4-2-3-5-18(22)14-17)25(16-26)20-6-10-23-11-7-20/h2-3,5,14,16,19-21,23H,4,6-13,15H2,1H3. The first-order valence-electron chi connectivity index (χ1n) is 10.1. The summed E-state index contributed by atoms with van der Waals surface area (Å²) in [5.74, 6) is -0.242. The van der Waals surface area contributed by atoms with E-state index in [-0.39, 0.29) is 17.9 Å². The highest BCUT2D eigenvalue weighted by Gasteiger charge is 2.31. The van der Waals surface area contributed by atoms with E-state index in [0.717, 1.165) is 70.5 Å². The summed E-state index contributed by atoms with van der Waals surface area (Å²) in [6.45, 7) is 4.14. The molecule has 1 aliphatic carbocycles. The van der Waals surface area contributed by atoms with Crippen molar-refractivity contribution in [1.29, 1.82) is 0 Å². The lowest BCUT2D eigenvalue weighted by molar-refractivity contribution is -0.123. The number of carbonyl (C=O) groups is 1. The first kappa shape index (κ1) is 20.2. The highest BCUT2D eigenvalue weighted by molar-refractivity contribution is 5.51. The minimum atomic E-state index is -0.242. The van der Waals surface area contributed by atoms with Gasteiger partial charge in [0.05, 0.1) is 6.04 Å². The summed E-state index contributed by atoms with van der Waals surface area (Å²) in [5, 5.41) is 3.36. The van der Waals surface area contributed by atoms with E-state index in [0.29, 0.717) is 12.5 Å². The van der Waals surface area contributed by atoms with E-state index in [1.165, 1.54) is 6.08 Å². The fraction of sp³-hybridized carbons (Fsp3) is 0.667. The Hall–Kier alpha value is -1.50. The minimum Gasteiger partial charge on any atom is -0.381 e. The molecule has 6 heteroatoms. The number of likely N-dealkylation sites (N-methyl/N-ethyl adjacent to an activating group) is 1. The summed E-state index contributed by atoms with van der Waals surface area (Å²) in [6.07, 6.45) is 12.4. The molecule has 0 aromatic heterocycles. The third kappa shape index (κ3) is 5.50. The average Bonchev–Trinajstić information content (AvgIpc) is 2.93. The Kier molecular flexibility index (Phi) is 7.61. The second-order valence-electron chi connectivity index (χ2n) is 7.74. The van der Waals surface area contributed by atoms with Gasteiger partial charge in [-0.15, -0.1) is 0 Å². The van der Waals surface area contributed by atoms with Crippen molar-refractivity contribution in [3.8, 4) is 0 Å². The van der Waals surface area contributed by atoms with Crippen LogP contribution in [0, 0.1) is 0 Å². The van der Waals surface area contributed by atoms with Crippen molar-refractivity contribution in [2.24, 2.45) is 0 Å². The molecule has 2 fully saturated rings. The molecule has 150 valence electrons. The molecule has 0 saturated carbocycles. The van der Waals surface area contributed by atoms with Crippen LogP contribution in [-0.4, -0.2) is 74.2 Å². The number of halogens is 1. The van der Waals surface area contributed by atoms with Gasteiger partial charge in [0.2, 0.25) is 6.41 Å². The van der Waals surface area contributed by atoms with Crippen LogP contribution < -0.4 is 5.32 Å². The van der Waals surface area contributed by atoms with Crippen molar-refractivity contribution in [1.82, 2.24) is 15.1 Å². The lowest BCUT2D eigenvalue weighted by atomic mass is 9.95. The molecule has 27 heavy (non-hydrogen) atoms. The molecule has 0 bridgehead atoms. The Balaban J connectivity index is 1.81. The predicted octanol–water partition coefficient (Wildman–Crippen LogP) is 2.42. The Morgan fingerprint density at radius 1 is 1.26 bits per heavy atom. The quantitative estimate of drug-likeness (QED) is 0.692. The van der Waals surface area contributed by atoms with Crippen LogP contribution in [0.2, 0.25) is 0 Å². The number of hydrogen-bond donors (Lipinski definition) is 1. The van der Waals surface area contributed by atoms with E-state index in [4.69, 9.17) is 4.74 Å². The summed E-state index contributed by atoms with van der Waals surface area (Å²) in [5.41, 5.74) is 0.974. The Bertz CT molecular complexity index is 578. The zero-order valence-electron chi connectivity index (χ0n) is 16.3. The van der Waals surface area contributed by atoms with Gasteiger partial charge in [-0.1, -0.05) is 12.2 Å². The molecule has 2 aliphatic heterocycles. The van der Waals surface area contributed by atoms with E-state index in [2.05, 4.69) is 17.3 Å². The van der Waals surface area contributed by atoms with Crippen molar-refractivity contribution >= 4 is 6.41 Å². The van der Waals surface area contributed by atoms with Gasteiger partial charge in [-0.05, 0) is 70.0 Å². The summed E-state index contributed by atoms with van der Waals surface area (Å²) in [6, 6.07) is 0.544. The summed E-state index contributed by atoms with van der Waals surface area (Å²) >= 11 is 0. The third-order valence-corrected chi connectivity index (χ3v) is 5.98. The number of hydrogen-bond acceptors (Lipinski definition) is 4. The maximum absolute atomic E-state index is 14.1. The molecular weight excluding hydrogens is 345 g/mol. The number of nitrogens with zero attached hydrogens (tertiary/aromatic N) is 2. The van der Waals surface area contributed by atoms with Gasteiger partial charge in [-0.25, -0.2) is 4.39 Å². The van der Waals surface area contributed by atoms with Crippen LogP contribution in [0.1, 0.15) is 32.1 Å². The van der Waals surface area contributed by atoms with Crippen LogP contribution in [-0.2, 0) is 9.53 Å². The van der Waals surface area contributed by atoms with E-state index < -0.39 is 0 Å². The first-order chi connectivity index (χ1) is 13.2. The van der Waals surface area contributed by atoms with Gasteiger partial charge in [0, 0.05) is 31.8 Å². The zero-order chi connectivity index (χ0) is 19.1. The van der Waals surface area contributed by atoms with Crippen molar-refractivity contribution in [2.75, 3.05) is 39.9 Å². The number of rotatable bonds is 7. The molecule has 2 saturated heterocycles. The molecule has 0 spiro atoms. The molecule has 2 heterocycles. The van der Waals surface area contributed by atoms with Gasteiger partial charge in [0.25, 0.3) is 0 Å². The van der Waals surface area contributed by atoms with Crippen LogP contribution >= 0.6 is 0 Å². The number of allylic oxidation sites excluding steroid dienone is 5. The smallest absolute Gasteiger partial charge is 0.210 e. The van der Waals surface area contributed by atoms with E-state index in [9.17, 15) is 9.18 Å². The van der Waals surface area contributed by atoms with E-state index in [1.54, 1.807) is 12.2 Å². The van der Waals surface area contributed by atoms with Gasteiger partial charge < -0.3 is 19.9 Å². The number of amides is 1. The highest BCUT2D eigenvalue weighted by Crippen LogP contribution is 2.26. The van der Waals surface area contributed by atoms with Gasteiger partial charge in [-0.3, -0.25) is 4.79 Å². The van der Waals surface area contributed by atoms with Gasteiger partial charge in [-0.2, -0.15) is 0 Å². The molecule has 1 N–H and O–H groups in total. The minimum absolute atomic E-state index is 0.111. The summed E-state index contributed by atoms with van der Waals surface area (Å²) < 4.78 is 19.6. The van der Waals surface area contributed by atoms with Crippen molar-refractivity contribution in [2.45, 2.75) is 50.2 Å². The largest absolute Gasteiger partial charge is 0.381 e. The Labute approximate surface area is 161 Å². The highest BCUT2D eigenvalue weighted by atomic mass is 19.1. The number of nitrogens with one attached hydrogen (secondary N) is 1. The predicted molar refractivity (Wildman–Crippen MR) is 105 cm³/mol. The summed E-state index contributed by atoms with van der Waals surface area (Å²) in [4.78, 5) is 16.4. The maximum atomic E-state index is 14.1. The van der Waals surface area contributed by atoms with E-state index in [1.807, 2.05) is 11.0 Å². The SMILES string of the molecule is CN(CC(C1=CC(F)=CC=CC1)N(C=O)C1CCNCC1)C1CCOCC1. The number of piperidine rings is 1. The first-order valence-corrected chi connectivity index (χ1v) is 10.1. The van der Waals surface area contributed by atoms with Crippen molar-refractivity contribution in [3.63, 3.8) is 0 Å². The normalized spacial score (nSPS) is 23.5. The van der Waals surface area contributed by atoms with Gasteiger partial charge in [0.15, 0.2) is 0 Å². The molecule has 0 aromatic carbocycles. The summed E-state index contributed by atoms with van der Waals surface area (Å²) in [7, 11) is 2.12. The van der Waals surface area contributed by atoms with Crippen LogP contribution in [0.15, 0.2) is 35.7 Å². The second-order valence-corrected chi connectivity index (χ2v) is 7.74. The lowest BCUT2D eigenvalue weighted by Gasteiger charge is -2.42. The van der Waals surface area contributed by atoms with Crippen molar-refractivity contribution < 1.29 is 13.9 Å². The zero-order valence-corrected chi connectivity index (χ0v) is 16.3. The Morgan fingerprint density at radius 3 is 2.70 bits per heavy atom. The number of carbonyl (C=O) groups excluding carboxylic acids is 1. The molecule has 5 nitrogen and oxygen atoms in total. The fourth-order valence-corrected chi connectivity index (χ4v) is 4.35. The lowest BCUT2D eigenvalue weighted by Crippen LogP contribution is -2.53. The fourth-order valence-electron chi connectivity index (χ4n) is 4.35. The van der Waals surface area contributed by atoms with Crippen LogP contribution in [0.25, 0.3) is 0 Å². The molecule has 3 rings (SSSR count). The molecular formula is C21H32FN3O2. The number of ether oxygens (including phenoxy) is 1. The monoisotopic (exact) mass is 377 g/mol.